The first-order valence-electron chi connectivity index (χ1n) is 12.9. The Kier molecular flexibility index (Phi) is 11.4. The zero-order chi connectivity index (χ0) is 34.1. The lowest BCUT2D eigenvalue weighted by Crippen LogP contribution is -2.40. The van der Waals surface area contributed by atoms with Crippen molar-refractivity contribution in [2.24, 2.45) is 0 Å². The molecular formula is C27H24F6N8O5. The molecule has 0 atom stereocenters. The van der Waals surface area contributed by atoms with Gasteiger partial charge in [-0.15, -0.1) is 0 Å². The van der Waals surface area contributed by atoms with Gasteiger partial charge in [0.1, 0.15) is 23.2 Å². The van der Waals surface area contributed by atoms with Gasteiger partial charge in [0, 0.05) is 37.1 Å². The number of hydrogen-bond donors (Lipinski definition) is 6. The quantitative estimate of drug-likeness (QED) is 0.109. The lowest BCUT2D eigenvalue weighted by molar-refractivity contribution is -0.192. The minimum Gasteiger partial charge on any atom is -0.475 e. The van der Waals surface area contributed by atoms with Gasteiger partial charge in [-0.05, 0) is 24.3 Å². The van der Waals surface area contributed by atoms with Crippen molar-refractivity contribution in [3.63, 3.8) is 0 Å². The number of hydrogen-bond acceptors (Lipinski definition) is 10. The van der Waals surface area contributed by atoms with Crippen LogP contribution in [0.1, 0.15) is 21.6 Å². The first-order valence-corrected chi connectivity index (χ1v) is 12.9. The number of rotatable bonds is 10. The molecular weight excluding hydrogens is 630 g/mol. The second-order valence-corrected chi connectivity index (χ2v) is 9.13. The van der Waals surface area contributed by atoms with Crippen molar-refractivity contribution in [1.29, 1.82) is 5.26 Å². The number of aromatic nitrogens is 4. The predicted molar refractivity (Wildman–Crippen MR) is 148 cm³/mol. The molecule has 4 rings (SSSR count). The number of aliphatic carboxylic acids is 1. The zero-order valence-electron chi connectivity index (χ0n) is 23.3. The van der Waals surface area contributed by atoms with Gasteiger partial charge in [-0.25, -0.2) is 19.7 Å². The number of halogens is 6. The third kappa shape index (κ3) is 9.51. The summed E-state index contributed by atoms with van der Waals surface area (Å²) in [5.74, 6) is -2.57. The van der Waals surface area contributed by atoms with Crippen LogP contribution in [0.2, 0.25) is 0 Å². The molecule has 0 aliphatic heterocycles. The summed E-state index contributed by atoms with van der Waals surface area (Å²) in [7, 11) is 0. The first kappa shape index (κ1) is 35.0. The number of carbonyl (C=O) groups is 2. The molecule has 4 aromatic rings. The van der Waals surface area contributed by atoms with Crippen molar-refractivity contribution in [3.8, 4) is 17.3 Å². The van der Waals surface area contributed by atoms with Crippen LogP contribution in [0.4, 0.5) is 38.1 Å². The van der Waals surface area contributed by atoms with Crippen LogP contribution in [0.3, 0.4) is 0 Å². The van der Waals surface area contributed by atoms with Crippen LogP contribution in [-0.4, -0.2) is 85.1 Å². The van der Waals surface area contributed by atoms with Crippen molar-refractivity contribution in [2.75, 3.05) is 36.9 Å². The molecule has 6 N–H and O–H groups in total. The number of carboxylic acids is 1. The van der Waals surface area contributed by atoms with E-state index in [1.165, 1.54) is 35.0 Å². The summed E-state index contributed by atoms with van der Waals surface area (Å²) >= 11 is 0. The number of fused-ring (bicyclic) bond motifs is 1. The highest BCUT2D eigenvalue weighted by molar-refractivity contribution is 5.93. The monoisotopic (exact) mass is 654 g/mol. The van der Waals surface area contributed by atoms with Crippen molar-refractivity contribution in [3.05, 3.63) is 71.7 Å². The summed E-state index contributed by atoms with van der Waals surface area (Å²) in [6, 6.07) is 10.4. The highest BCUT2D eigenvalue weighted by Crippen LogP contribution is 2.31. The van der Waals surface area contributed by atoms with E-state index in [0.717, 1.165) is 12.1 Å². The number of aliphatic hydroxyl groups is 2. The van der Waals surface area contributed by atoms with Gasteiger partial charge in [0.05, 0.1) is 36.1 Å². The van der Waals surface area contributed by atoms with E-state index in [1.54, 1.807) is 12.1 Å². The maximum absolute atomic E-state index is 13.0. The third-order valence-electron chi connectivity index (χ3n) is 5.82. The number of imidazole rings is 1. The molecule has 46 heavy (non-hydrogen) atoms. The number of nitrogens with zero attached hydrogens (tertiary/aromatic N) is 5. The molecule has 0 unspecified atom stereocenters. The lowest BCUT2D eigenvalue weighted by atomic mass is 10.1. The molecule has 0 fully saturated rings. The average Bonchev–Trinajstić information content (AvgIpc) is 3.46. The summed E-state index contributed by atoms with van der Waals surface area (Å²) in [6.07, 6.45) is -6.71. The van der Waals surface area contributed by atoms with Gasteiger partial charge in [-0.3, -0.25) is 9.20 Å². The van der Waals surface area contributed by atoms with E-state index in [1.807, 2.05) is 6.07 Å². The summed E-state index contributed by atoms with van der Waals surface area (Å²) in [4.78, 5) is 34.5. The molecule has 1 amide bonds. The van der Waals surface area contributed by atoms with Crippen molar-refractivity contribution < 1.29 is 51.3 Å². The number of amides is 1. The van der Waals surface area contributed by atoms with Crippen LogP contribution < -0.4 is 16.0 Å². The number of nitriles is 1. The third-order valence-corrected chi connectivity index (χ3v) is 5.82. The maximum atomic E-state index is 13.0. The number of aliphatic hydroxyl groups excluding tert-OH is 2. The van der Waals surface area contributed by atoms with Crippen LogP contribution in [0.15, 0.2) is 54.9 Å². The molecule has 0 bridgehead atoms. The fourth-order valence-electron chi connectivity index (χ4n) is 3.54. The van der Waals surface area contributed by atoms with Gasteiger partial charge >= 0.3 is 18.3 Å². The molecule has 13 nitrogen and oxygen atoms in total. The van der Waals surface area contributed by atoms with Crippen LogP contribution in [-0.2, 0) is 11.0 Å². The topological polar surface area (TPSA) is 198 Å². The van der Waals surface area contributed by atoms with E-state index in [-0.39, 0.29) is 11.6 Å². The van der Waals surface area contributed by atoms with Gasteiger partial charge in [-0.1, -0.05) is 12.1 Å². The minimum atomic E-state index is -5.08. The van der Waals surface area contributed by atoms with Crippen molar-refractivity contribution in [2.45, 2.75) is 18.4 Å². The van der Waals surface area contributed by atoms with E-state index in [2.05, 4.69) is 30.9 Å². The SMILES string of the molecule is N#Cc1ccc(NCCNc2nc(-c3ccc(C(F)(F)F)cc3)cc3nc(C(=O)NC(CO)CO)cn23)nc1.O=C(O)C(F)(F)F. The number of alkyl halides is 6. The number of benzene rings is 1. The van der Waals surface area contributed by atoms with Gasteiger partial charge in [0.25, 0.3) is 5.91 Å². The largest absolute Gasteiger partial charge is 0.490 e. The molecule has 19 heteroatoms. The summed E-state index contributed by atoms with van der Waals surface area (Å²) in [5, 5.41) is 43.2. The lowest BCUT2D eigenvalue weighted by Gasteiger charge is -2.12. The van der Waals surface area contributed by atoms with E-state index in [4.69, 9.17) is 15.2 Å². The predicted octanol–water partition coefficient (Wildman–Crippen LogP) is 2.92. The van der Waals surface area contributed by atoms with Crippen LogP contribution in [0.5, 0.6) is 0 Å². The fourth-order valence-corrected chi connectivity index (χ4v) is 3.54. The molecule has 0 aliphatic carbocycles. The molecule has 1 aromatic carbocycles. The molecule has 0 radical (unpaired) electrons. The van der Waals surface area contributed by atoms with Crippen LogP contribution in [0.25, 0.3) is 16.9 Å². The summed E-state index contributed by atoms with van der Waals surface area (Å²) < 4.78 is 72.3. The minimum absolute atomic E-state index is 0.0174. The summed E-state index contributed by atoms with van der Waals surface area (Å²) in [5.41, 5.74) is 0.629. The Hall–Kier alpha value is -5.48. The molecule has 0 aliphatic rings. The second-order valence-electron chi connectivity index (χ2n) is 9.13. The van der Waals surface area contributed by atoms with Crippen molar-refractivity contribution >= 4 is 29.3 Å². The van der Waals surface area contributed by atoms with Gasteiger partial charge in [0.2, 0.25) is 5.95 Å². The van der Waals surface area contributed by atoms with Crippen LogP contribution in [0, 0.1) is 11.3 Å². The van der Waals surface area contributed by atoms with Gasteiger partial charge < -0.3 is 31.3 Å². The normalized spacial score (nSPS) is 11.4. The highest BCUT2D eigenvalue weighted by Gasteiger charge is 2.38. The highest BCUT2D eigenvalue weighted by atomic mass is 19.4. The number of anilines is 2. The maximum Gasteiger partial charge on any atom is 0.490 e. The van der Waals surface area contributed by atoms with E-state index < -0.39 is 49.0 Å². The Balaban J connectivity index is 0.000000738. The number of carbonyl (C=O) groups excluding carboxylic acids is 1. The number of pyridine rings is 1. The Morgan fingerprint density at radius 1 is 0.957 bits per heavy atom. The molecule has 0 saturated heterocycles. The Labute approximate surface area is 255 Å². The van der Waals surface area contributed by atoms with E-state index in [9.17, 15) is 41.4 Å². The first-order chi connectivity index (χ1) is 21.7. The Morgan fingerprint density at radius 2 is 1.59 bits per heavy atom. The van der Waals surface area contributed by atoms with Gasteiger partial charge in [0.15, 0.2) is 0 Å². The molecule has 3 aromatic heterocycles. The molecule has 244 valence electrons. The fraction of sp³-hybridized carbons (Fsp3) is 0.259. The number of nitrogens with one attached hydrogen (secondary N) is 3. The smallest absolute Gasteiger partial charge is 0.475 e. The molecule has 3 heterocycles. The zero-order valence-corrected chi connectivity index (χ0v) is 23.3. The van der Waals surface area contributed by atoms with E-state index in [0.29, 0.717) is 41.4 Å². The Morgan fingerprint density at radius 3 is 2.11 bits per heavy atom. The average molecular weight is 655 g/mol. The van der Waals surface area contributed by atoms with E-state index >= 15 is 0 Å². The number of carboxylic acid groups (broad SMARTS) is 1. The van der Waals surface area contributed by atoms with Crippen LogP contribution >= 0.6 is 0 Å². The Bertz CT molecular complexity index is 1680. The van der Waals surface area contributed by atoms with Crippen molar-refractivity contribution in [1.82, 2.24) is 24.7 Å². The standard InChI is InChI=1S/C25H23F3N8O3.C2HF3O2/c26-25(27,28)17-4-2-16(3-5-17)19-9-22-34-20(23(39)33-18(13-37)14-38)12-36(22)24(35-19)31-8-7-30-21-6-1-15(10-29)11-32-21;3-2(4,5)1(6)7/h1-6,9,11-12,18,37-38H,7-8,13-14H2,(H,30,32)(H,31,35)(H,33,39);(H,6,7). The molecule has 0 saturated carbocycles. The second kappa shape index (κ2) is 15.0. The summed E-state index contributed by atoms with van der Waals surface area (Å²) in [6.45, 7) is -0.216. The molecule has 0 spiro atoms. The van der Waals surface area contributed by atoms with Gasteiger partial charge in [-0.2, -0.15) is 31.6 Å².